The highest BCUT2D eigenvalue weighted by Gasteiger charge is 2.20. The summed E-state index contributed by atoms with van der Waals surface area (Å²) in [5.74, 6) is 0.261. The van der Waals surface area contributed by atoms with Crippen molar-refractivity contribution in [2.45, 2.75) is 31.7 Å². The normalized spacial score (nSPS) is 14.5. The zero-order valence-corrected chi connectivity index (χ0v) is 10.2. The molecule has 0 spiro atoms. The van der Waals surface area contributed by atoms with E-state index in [1.807, 2.05) is 20.8 Å². The van der Waals surface area contributed by atoms with Crippen LogP contribution in [-0.2, 0) is 17.1 Å². The van der Waals surface area contributed by atoms with Crippen LogP contribution in [-0.4, -0.2) is 24.2 Å². The van der Waals surface area contributed by atoms with Crippen LogP contribution in [0.25, 0.3) is 0 Å². The molecule has 1 rings (SSSR count). The van der Waals surface area contributed by atoms with Crippen molar-refractivity contribution in [3.63, 3.8) is 0 Å². The van der Waals surface area contributed by atoms with Gasteiger partial charge in [-0.3, -0.25) is 4.68 Å². The summed E-state index contributed by atoms with van der Waals surface area (Å²) in [6, 6.07) is -0.0878. The molecular weight excluding hydrogens is 214 g/mol. The quantitative estimate of drug-likeness (QED) is 0.831. The second-order valence-electron chi connectivity index (χ2n) is 4.00. The number of nitrogens with zero attached hydrogens (tertiary/aromatic N) is 2. The number of aryl methyl sites for hydroxylation is 1. The second-order valence-corrected chi connectivity index (χ2v) is 5.72. The molecule has 0 saturated carbocycles. The first-order valence-corrected chi connectivity index (χ1v) is 6.32. The molecule has 1 atom stereocenters. The van der Waals surface area contributed by atoms with Crippen LogP contribution in [0.1, 0.15) is 20.8 Å². The van der Waals surface area contributed by atoms with Gasteiger partial charge < -0.3 is 0 Å². The predicted molar refractivity (Wildman–Crippen MR) is 57.8 cm³/mol. The molecule has 1 aromatic rings. The molecule has 0 fully saturated rings. The van der Waals surface area contributed by atoms with Crippen LogP contribution < -0.4 is 4.72 Å². The molecule has 86 valence electrons. The van der Waals surface area contributed by atoms with Gasteiger partial charge in [0.25, 0.3) is 0 Å². The summed E-state index contributed by atoms with van der Waals surface area (Å²) in [5, 5.41) is 3.83. The van der Waals surface area contributed by atoms with E-state index in [-0.39, 0.29) is 16.9 Å². The molecule has 0 aromatic carbocycles. The Bertz CT molecular complexity index is 422. The molecule has 1 aromatic heterocycles. The molecule has 6 heteroatoms. The minimum Gasteiger partial charge on any atom is -0.274 e. The van der Waals surface area contributed by atoms with Gasteiger partial charge in [-0.25, -0.2) is 13.1 Å². The third-order valence-corrected chi connectivity index (χ3v) is 3.85. The Morgan fingerprint density at radius 2 is 2.00 bits per heavy atom. The first-order chi connectivity index (χ1) is 6.83. The summed E-state index contributed by atoms with van der Waals surface area (Å²) in [6.45, 7) is 5.78. The highest BCUT2D eigenvalue weighted by Crippen LogP contribution is 2.09. The lowest BCUT2D eigenvalue weighted by Gasteiger charge is -2.16. The molecule has 0 amide bonds. The van der Waals surface area contributed by atoms with Crippen molar-refractivity contribution in [1.82, 2.24) is 14.5 Å². The van der Waals surface area contributed by atoms with E-state index < -0.39 is 10.0 Å². The fourth-order valence-corrected chi connectivity index (χ4v) is 2.36. The van der Waals surface area contributed by atoms with E-state index >= 15 is 0 Å². The zero-order chi connectivity index (χ0) is 11.6. The van der Waals surface area contributed by atoms with Gasteiger partial charge >= 0.3 is 0 Å². The first-order valence-electron chi connectivity index (χ1n) is 4.84. The minimum absolute atomic E-state index is 0.0878. The molecule has 0 aliphatic carbocycles. The highest BCUT2D eigenvalue weighted by molar-refractivity contribution is 7.89. The summed E-state index contributed by atoms with van der Waals surface area (Å²) >= 11 is 0. The van der Waals surface area contributed by atoms with E-state index in [9.17, 15) is 8.42 Å². The van der Waals surface area contributed by atoms with E-state index in [4.69, 9.17) is 0 Å². The lowest BCUT2D eigenvalue weighted by molar-refractivity contribution is 0.476. The van der Waals surface area contributed by atoms with Gasteiger partial charge in [-0.1, -0.05) is 13.8 Å². The molecule has 15 heavy (non-hydrogen) atoms. The van der Waals surface area contributed by atoms with E-state index in [1.165, 1.54) is 17.1 Å². The Hall–Kier alpha value is -0.880. The summed E-state index contributed by atoms with van der Waals surface area (Å²) in [5.41, 5.74) is 0. The van der Waals surface area contributed by atoms with Gasteiger partial charge in [0.05, 0.1) is 6.20 Å². The van der Waals surface area contributed by atoms with Gasteiger partial charge in [-0.15, -0.1) is 0 Å². The van der Waals surface area contributed by atoms with E-state index in [1.54, 1.807) is 7.05 Å². The molecule has 1 N–H and O–H groups in total. The third kappa shape index (κ3) is 3.04. The molecule has 1 unspecified atom stereocenters. The lowest BCUT2D eigenvalue weighted by atomic mass is 10.1. The van der Waals surface area contributed by atoms with E-state index in [0.717, 1.165) is 0 Å². The van der Waals surface area contributed by atoms with Crippen molar-refractivity contribution >= 4 is 10.0 Å². The van der Waals surface area contributed by atoms with Crippen LogP contribution >= 0.6 is 0 Å². The maximum absolute atomic E-state index is 11.8. The first kappa shape index (κ1) is 12.2. The number of aromatic nitrogens is 2. The second kappa shape index (κ2) is 4.32. The number of sulfonamides is 1. The fourth-order valence-electron chi connectivity index (χ4n) is 0.986. The van der Waals surface area contributed by atoms with Crippen molar-refractivity contribution in [1.29, 1.82) is 0 Å². The van der Waals surface area contributed by atoms with E-state index in [2.05, 4.69) is 9.82 Å². The lowest BCUT2D eigenvalue weighted by Crippen LogP contribution is -2.35. The molecule has 0 aliphatic heterocycles. The van der Waals surface area contributed by atoms with Crippen molar-refractivity contribution < 1.29 is 8.42 Å². The summed E-state index contributed by atoms with van der Waals surface area (Å²) in [6.07, 6.45) is 2.82. The Morgan fingerprint density at radius 1 is 1.40 bits per heavy atom. The smallest absolute Gasteiger partial charge is 0.243 e. The molecule has 0 radical (unpaired) electrons. The average Bonchev–Trinajstić information content (AvgIpc) is 2.51. The number of rotatable bonds is 4. The third-order valence-electron chi connectivity index (χ3n) is 2.33. The number of nitrogens with one attached hydrogen (secondary N) is 1. The summed E-state index contributed by atoms with van der Waals surface area (Å²) in [7, 11) is -1.73. The van der Waals surface area contributed by atoms with Crippen LogP contribution in [0.5, 0.6) is 0 Å². The Morgan fingerprint density at radius 3 is 2.40 bits per heavy atom. The Kier molecular flexibility index (Phi) is 3.51. The fraction of sp³-hybridized carbons (Fsp3) is 0.667. The topological polar surface area (TPSA) is 64.0 Å². The predicted octanol–water partition coefficient (Wildman–Crippen LogP) is 0.743. The summed E-state index contributed by atoms with van der Waals surface area (Å²) in [4.78, 5) is 0.206. The van der Waals surface area contributed by atoms with Gasteiger partial charge in [-0.2, -0.15) is 5.10 Å². The number of hydrogen-bond donors (Lipinski definition) is 1. The van der Waals surface area contributed by atoms with E-state index in [0.29, 0.717) is 0 Å². The molecule has 0 aliphatic rings. The molecule has 1 heterocycles. The molecular formula is C9H17N3O2S. The zero-order valence-electron chi connectivity index (χ0n) is 9.43. The van der Waals surface area contributed by atoms with Gasteiger partial charge in [0.2, 0.25) is 10.0 Å². The highest BCUT2D eigenvalue weighted by atomic mass is 32.2. The van der Waals surface area contributed by atoms with Crippen LogP contribution in [0, 0.1) is 5.92 Å². The van der Waals surface area contributed by atoms with Crippen molar-refractivity contribution in [3.05, 3.63) is 12.4 Å². The average molecular weight is 231 g/mol. The van der Waals surface area contributed by atoms with Gasteiger partial charge in [0.1, 0.15) is 4.90 Å². The van der Waals surface area contributed by atoms with Crippen molar-refractivity contribution in [2.75, 3.05) is 0 Å². The van der Waals surface area contributed by atoms with Crippen LogP contribution in [0.4, 0.5) is 0 Å². The minimum atomic E-state index is -3.42. The molecule has 5 nitrogen and oxygen atoms in total. The maximum Gasteiger partial charge on any atom is 0.243 e. The maximum atomic E-state index is 11.8. The van der Waals surface area contributed by atoms with Crippen molar-refractivity contribution in [2.24, 2.45) is 13.0 Å². The van der Waals surface area contributed by atoms with Gasteiger partial charge in [0.15, 0.2) is 0 Å². The molecule has 0 bridgehead atoms. The van der Waals surface area contributed by atoms with Crippen molar-refractivity contribution in [3.8, 4) is 0 Å². The van der Waals surface area contributed by atoms with Gasteiger partial charge in [0, 0.05) is 19.3 Å². The molecule has 0 saturated heterocycles. The standard InChI is InChI=1S/C9H17N3O2S/c1-7(2)8(3)11-15(13,14)9-5-10-12(4)6-9/h5-8,11H,1-4H3. The SMILES string of the molecule is CC(C)C(C)NS(=O)(=O)c1cnn(C)c1. The Balaban J connectivity index is 2.85. The Labute approximate surface area is 90.5 Å². The van der Waals surface area contributed by atoms with Crippen LogP contribution in [0.15, 0.2) is 17.3 Å². The monoisotopic (exact) mass is 231 g/mol. The largest absolute Gasteiger partial charge is 0.274 e. The summed E-state index contributed by atoms with van der Waals surface area (Å²) < 4.78 is 27.7. The van der Waals surface area contributed by atoms with Crippen LogP contribution in [0.2, 0.25) is 0 Å². The number of hydrogen-bond acceptors (Lipinski definition) is 3. The van der Waals surface area contributed by atoms with Gasteiger partial charge in [-0.05, 0) is 12.8 Å². The van der Waals surface area contributed by atoms with Crippen LogP contribution in [0.3, 0.4) is 0 Å².